The van der Waals surface area contributed by atoms with E-state index in [1.807, 2.05) is 6.07 Å². The number of halogens is 1. The molecule has 0 spiro atoms. The predicted octanol–water partition coefficient (Wildman–Crippen LogP) is 3.91. The summed E-state index contributed by atoms with van der Waals surface area (Å²) in [6.45, 7) is 0. The molecule has 1 heterocycles. The Balaban J connectivity index is 1.85. The van der Waals surface area contributed by atoms with Gasteiger partial charge in [0.15, 0.2) is 0 Å². The molecular formula is C16H10FN3O2S. The standard InChI is InChI=1S/C16H10FN3O2S/c1-21-11-7-5-10(6-8-11)15-19-20-16(22-15)23-14-4-2-3-13(17)12(14)9-18/h2-8H,1H3. The van der Waals surface area contributed by atoms with E-state index in [1.54, 1.807) is 37.4 Å². The second-order valence-electron chi connectivity index (χ2n) is 4.43. The molecule has 0 saturated heterocycles. The number of nitriles is 1. The van der Waals surface area contributed by atoms with Gasteiger partial charge in [-0.15, -0.1) is 10.2 Å². The number of rotatable bonds is 4. The van der Waals surface area contributed by atoms with Gasteiger partial charge in [0.1, 0.15) is 23.2 Å². The van der Waals surface area contributed by atoms with Crippen molar-refractivity contribution in [1.82, 2.24) is 10.2 Å². The second-order valence-corrected chi connectivity index (χ2v) is 5.42. The molecule has 0 bridgehead atoms. The van der Waals surface area contributed by atoms with Crippen molar-refractivity contribution in [3.8, 4) is 23.3 Å². The van der Waals surface area contributed by atoms with Crippen LogP contribution in [0.15, 0.2) is 57.0 Å². The zero-order valence-electron chi connectivity index (χ0n) is 12.0. The number of benzene rings is 2. The maximum absolute atomic E-state index is 13.6. The van der Waals surface area contributed by atoms with E-state index < -0.39 is 5.82 Å². The van der Waals surface area contributed by atoms with Crippen LogP contribution in [0.4, 0.5) is 4.39 Å². The van der Waals surface area contributed by atoms with Crippen molar-refractivity contribution in [3.63, 3.8) is 0 Å². The Morgan fingerprint density at radius 2 is 1.96 bits per heavy atom. The highest BCUT2D eigenvalue weighted by molar-refractivity contribution is 7.99. The predicted molar refractivity (Wildman–Crippen MR) is 81.5 cm³/mol. The van der Waals surface area contributed by atoms with Crippen molar-refractivity contribution in [2.24, 2.45) is 0 Å². The molecular weight excluding hydrogens is 317 g/mol. The third-order valence-corrected chi connectivity index (χ3v) is 3.93. The molecule has 0 saturated carbocycles. The monoisotopic (exact) mass is 327 g/mol. The number of methoxy groups -OCH3 is 1. The first-order chi connectivity index (χ1) is 11.2. The minimum absolute atomic E-state index is 0.0401. The smallest absolute Gasteiger partial charge is 0.281 e. The quantitative estimate of drug-likeness (QED) is 0.723. The van der Waals surface area contributed by atoms with Crippen LogP contribution in [0, 0.1) is 17.1 Å². The summed E-state index contributed by atoms with van der Waals surface area (Å²) in [5, 5.41) is 17.1. The van der Waals surface area contributed by atoms with Crippen LogP contribution in [-0.4, -0.2) is 17.3 Å². The summed E-state index contributed by atoms with van der Waals surface area (Å²) < 4.78 is 24.2. The molecule has 0 radical (unpaired) electrons. The molecule has 5 nitrogen and oxygen atoms in total. The van der Waals surface area contributed by atoms with Crippen molar-refractivity contribution in [3.05, 3.63) is 53.8 Å². The molecule has 114 valence electrons. The van der Waals surface area contributed by atoms with Crippen LogP contribution in [0.25, 0.3) is 11.5 Å². The zero-order chi connectivity index (χ0) is 16.2. The molecule has 0 aliphatic carbocycles. The lowest BCUT2D eigenvalue weighted by molar-refractivity contribution is 0.414. The lowest BCUT2D eigenvalue weighted by Gasteiger charge is -2.01. The maximum atomic E-state index is 13.6. The molecule has 7 heteroatoms. The first kappa shape index (κ1) is 15.1. The van der Waals surface area contributed by atoms with E-state index in [4.69, 9.17) is 14.4 Å². The van der Waals surface area contributed by atoms with Crippen LogP contribution in [-0.2, 0) is 0 Å². The number of ether oxygens (including phenoxy) is 1. The van der Waals surface area contributed by atoms with Gasteiger partial charge in [-0.3, -0.25) is 0 Å². The first-order valence-electron chi connectivity index (χ1n) is 6.55. The van der Waals surface area contributed by atoms with Crippen LogP contribution in [0.3, 0.4) is 0 Å². The van der Waals surface area contributed by atoms with E-state index in [9.17, 15) is 4.39 Å². The molecule has 23 heavy (non-hydrogen) atoms. The summed E-state index contributed by atoms with van der Waals surface area (Å²) in [6.07, 6.45) is 0. The molecule has 2 aromatic carbocycles. The molecule has 0 N–H and O–H groups in total. The van der Waals surface area contributed by atoms with E-state index in [1.165, 1.54) is 12.1 Å². The first-order valence-corrected chi connectivity index (χ1v) is 7.37. The highest BCUT2D eigenvalue weighted by atomic mass is 32.2. The Morgan fingerprint density at radius 3 is 2.65 bits per heavy atom. The van der Waals surface area contributed by atoms with Crippen LogP contribution in [0.5, 0.6) is 5.75 Å². The van der Waals surface area contributed by atoms with Gasteiger partial charge in [-0.1, -0.05) is 6.07 Å². The van der Waals surface area contributed by atoms with Crippen molar-refractivity contribution < 1.29 is 13.5 Å². The Hall–Kier alpha value is -2.85. The Labute approximate surface area is 135 Å². The highest BCUT2D eigenvalue weighted by Crippen LogP contribution is 2.32. The van der Waals surface area contributed by atoms with Crippen LogP contribution in [0.1, 0.15) is 5.56 Å². The number of hydrogen-bond acceptors (Lipinski definition) is 6. The van der Waals surface area contributed by atoms with E-state index in [-0.39, 0.29) is 10.8 Å². The van der Waals surface area contributed by atoms with E-state index in [0.717, 1.165) is 23.1 Å². The lowest BCUT2D eigenvalue weighted by Crippen LogP contribution is -1.86. The zero-order valence-corrected chi connectivity index (χ0v) is 12.8. The fraction of sp³-hybridized carbons (Fsp3) is 0.0625. The van der Waals surface area contributed by atoms with Gasteiger partial charge in [-0.05, 0) is 48.2 Å². The van der Waals surface area contributed by atoms with E-state index in [2.05, 4.69) is 10.2 Å². The van der Waals surface area contributed by atoms with Crippen molar-refractivity contribution >= 4 is 11.8 Å². The van der Waals surface area contributed by atoms with Crippen LogP contribution >= 0.6 is 11.8 Å². The van der Waals surface area contributed by atoms with Gasteiger partial charge in [0, 0.05) is 10.5 Å². The Kier molecular flexibility index (Phi) is 4.26. The summed E-state index contributed by atoms with van der Waals surface area (Å²) in [6, 6.07) is 13.4. The Bertz CT molecular complexity index is 872. The van der Waals surface area contributed by atoms with Crippen molar-refractivity contribution in [1.29, 1.82) is 5.26 Å². The second kappa shape index (κ2) is 6.50. The van der Waals surface area contributed by atoms with Gasteiger partial charge in [0.25, 0.3) is 5.22 Å². The van der Waals surface area contributed by atoms with Crippen molar-refractivity contribution in [2.75, 3.05) is 7.11 Å². The summed E-state index contributed by atoms with van der Waals surface area (Å²) in [5.41, 5.74) is 0.701. The van der Waals surface area contributed by atoms with E-state index in [0.29, 0.717) is 10.8 Å². The van der Waals surface area contributed by atoms with Crippen LogP contribution < -0.4 is 4.74 Å². The molecule has 0 unspecified atom stereocenters. The van der Waals surface area contributed by atoms with Gasteiger partial charge in [-0.25, -0.2) is 4.39 Å². The summed E-state index contributed by atoms with van der Waals surface area (Å²) in [7, 11) is 1.59. The lowest BCUT2D eigenvalue weighted by atomic mass is 10.2. The van der Waals surface area contributed by atoms with E-state index >= 15 is 0 Å². The molecule has 0 aliphatic heterocycles. The topological polar surface area (TPSA) is 71.9 Å². The average Bonchev–Trinajstić information content (AvgIpc) is 3.04. The molecule has 3 rings (SSSR count). The van der Waals surface area contributed by atoms with Crippen molar-refractivity contribution in [2.45, 2.75) is 10.1 Å². The number of aromatic nitrogens is 2. The molecule has 0 atom stereocenters. The van der Waals surface area contributed by atoms with Gasteiger partial charge in [0.05, 0.1) is 7.11 Å². The summed E-state index contributed by atoms with van der Waals surface area (Å²) in [5.74, 6) is 0.485. The third kappa shape index (κ3) is 3.17. The third-order valence-electron chi connectivity index (χ3n) is 3.03. The normalized spacial score (nSPS) is 10.3. The fourth-order valence-electron chi connectivity index (χ4n) is 1.89. The van der Waals surface area contributed by atoms with Gasteiger partial charge >= 0.3 is 0 Å². The van der Waals surface area contributed by atoms with Gasteiger partial charge < -0.3 is 9.15 Å². The molecule has 3 aromatic rings. The SMILES string of the molecule is COc1ccc(-c2nnc(Sc3cccc(F)c3C#N)o2)cc1. The fourth-order valence-corrected chi connectivity index (χ4v) is 2.68. The minimum Gasteiger partial charge on any atom is -0.497 e. The summed E-state index contributed by atoms with van der Waals surface area (Å²) in [4.78, 5) is 0.428. The van der Waals surface area contributed by atoms with Gasteiger partial charge in [-0.2, -0.15) is 5.26 Å². The highest BCUT2D eigenvalue weighted by Gasteiger charge is 2.14. The largest absolute Gasteiger partial charge is 0.497 e. The van der Waals surface area contributed by atoms with Gasteiger partial charge in [0.2, 0.25) is 5.89 Å². The van der Waals surface area contributed by atoms with Crippen LogP contribution in [0.2, 0.25) is 0 Å². The summed E-state index contributed by atoms with van der Waals surface area (Å²) >= 11 is 1.05. The molecule has 0 aliphatic rings. The average molecular weight is 327 g/mol. The molecule has 1 aromatic heterocycles. The molecule has 0 amide bonds. The number of nitrogens with zero attached hydrogens (tertiary/aromatic N) is 3. The maximum Gasteiger partial charge on any atom is 0.281 e. The molecule has 0 fully saturated rings. The minimum atomic E-state index is -0.576. The Morgan fingerprint density at radius 1 is 1.17 bits per heavy atom. The number of hydrogen-bond donors (Lipinski definition) is 0.